The molecule has 7 nitrogen and oxygen atoms in total. The number of aryl methyl sites for hydroxylation is 3. The highest BCUT2D eigenvalue weighted by Crippen LogP contribution is 2.44. The lowest BCUT2D eigenvalue weighted by molar-refractivity contribution is -0.140. The van der Waals surface area contributed by atoms with E-state index < -0.39 is 17.8 Å². The van der Waals surface area contributed by atoms with Gasteiger partial charge in [-0.25, -0.2) is 4.98 Å². The summed E-state index contributed by atoms with van der Waals surface area (Å²) in [6.45, 7) is 4.17. The van der Waals surface area contributed by atoms with E-state index in [9.17, 15) is 18.0 Å². The number of imidazole rings is 1. The zero-order valence-electron chi connectivity index (χ0n) is 20.0. The number of halogens is 3. The molecule has 1 aliphatic rings. The van der Waals surface area contributed by atoms with Crippen LogP contribution in [0, 0.1) is 19.8 Å². The maximum absolute atomic E-state index is 13.8. The van der Waals surface area contributed by atoms with Crippen LogP contribution in [0.25, 0.3) is 11.1 Å². The Bertz CT molecular complexity index is 1450. The van der Waals surface area contributed by atoms with Gasteiger partial charge in [-0.05, 0) is 49.2 Å². The summed E-state index contributed by atoms with van der Waals surface area (Å²) in [7, 11) is 1.43. The SMILES string of the molecule is Cc1ccnc(C[C@@H]2COc3c(cc(Cn4ccnc4C)cc3-c3cn(C)nc3C(F)(F)F)C2=O)c1. The predicted octanol–water partition coefficient (Wildman–Crippen LogP) is 4.80. The second kappa shape index (κ2) is 8.92. The fourth-order valence-corrected chi connectivity index (χ4v) is 4.57. The van der Waals surface area contributed by atoms with Crippen LogP contribution >= 0.6 is 0 Å². The first-order valence-electron chi connectivity index (χ1n) is 11.4. The summed E-state index contributed by atoms with van der Waals surface area (Å²) < 4.78 is 50.5. The van der Waals surface area contributed by atoms with Crippen LogP contribution in [0.4, 0.5) is 13.2 Å². The monoisotopic (exact) mass is 495 g/mol. The molecule has 0 saturated heterocycles. The number of hydrogen-bond donors (Lipinski definition) is 0. The summed E-state index contributed by atoms with van der Waals surface area (Å²) in [5.41, 5.74) is 1.76. The third-order valence-corrected chi connectivity index (χ3v) is 6.31. The molecule has 4 aromatic rings. The van der Waals surface area contributed by atoms with E-state index in [4.69, 9.17) is 4.74 Å². The lowest BCUT2D eigenvalue weighted by atomic mass is 9.87. The first kappa shape index (κ1) is 23.8. The van der Waals surface area contributed by atoms with Gasteiger partial charge < -0.3 is 9.30 Å². The number of Topliss-reactive ketones (excluding diaryl/α,β-unsaturated/α-hetero) is 1. The van der Waals surface area contributed by atoms with Crippen molar-refractivity contribution in [2.75, 3.05) is 6.61 Å². The average molecular weight is 496 g/mol. The van der Waals surface area contributed by atoms with Crippen molar-refractivity contribution in [1.82, 2.24) is 24.3 Å². The molecule has 5 rings (SSSR count). The molecule has 0 spiro atoms. The minimum atomic E-state index is -4.67. The number of alkyl halides is 3. The van der Waals surface area contributed by atoms with E-state index in [0.29, 0.717) is 18.5 Å². The first-order chi connectivity index (χ1) is 17.1. The summed E-state index contributed by atoms with van der Waals surface area (Å²) in [5.74, 6) is 0.221. The van der Waals surface area contributed by atoms with E-state index in [1.165, 1.54) is 13.2 Å². The Morgan fingerprint density at radius 3 is 2.56 bits per heavy atom. The summed E-state index contributed by atoms with van der Waals surface area (Å²) in [5, 5.41) is 3.65. The van der Waals surface area contributed by atoms with Gasteiger partial charge in [-0.2, -0.15) is 18.3 Å². The molecule has 186 valence electrons. The van der Waals surface area contributed by atoms with Gasteiger partial charge in [-0.1, -0.05) is 0 Å². The maximum Gasteiger partial charge on any atom is 0.435 e. The summed E-state index contributed by atoms with van der Waals surface area (Å²) >= 11 is 0. The maximum atomic E-state index is 13.8. The molecular formula is C26H24F3N5O2. The van der Waals surface area contributed by atoms with Crippen LogP contribution in [0.3, 0.4) is 0 Å². The summed E-state index contributed by atoms with van der Waals surface area (Å²) in [6.07, 6.45) is 2.14. The highest BCUT2D eigenvalue weighted by molar-refractivity contribution is 6.04. The summed E-state index contributed by atoms with van der Waals surface area (Å²) in [4.78, 5) is 22.2. The van der Waals surface area contributed by atoms with Gasteiger partial charge in [0.05, 0.1) is 18.1 Å². The lowest BCUT2D eigenvalue weighted by Crippen LogP contribution is -2.30. The zero-order chi connectivity index (χ0) is 25.6. The van der Waals surface area contributed by atoms with Crippen molar-refractivity contribution in [3.05, 3.63) is 83.0 Å². The largest absolute Gasteiger partial charge is 0.491 e. The van der Waals surface area contributed by atoms with Crippen molar-refractivity contribution in [3.63, 3.8) is 0 Å². The van der Waals surface area contributed by atoms with Gasteiger partial charge in [-0.15, -0.1) is 0 Å². The topological polar surface area (TPSA) is 74.8 Å². The molecule has 1 aliphatic heterocycles. The highest BCUT2D eigenvalue weighted by Gasteiger charge is 2.39. The molecule has 10 heteroatoms. The quantitative estimate of drug-likeness (QED) is 0.398. The Balaban J connectivity index is 1.61. The van der Waals surface area contributed by atoms with Crippen molar-refractivity contribution in [1.29, 1.82) is 0 Å². The fourth-order valence-electron chi connectivity index (χ4n) is 4.57. The van der Waals surface area contributed by atoms with E-state index in [0.717, 1.165) is 21.8 Å². The van der Waals surface area contributed by atoms with Crippen LogP contribution < -0.4 is 4.74 Å². The molecule has 3 aromatic heterocycles. The fraction of sp³-hybridized carbons (Fsp3) is 0.308. The van der Waals surface area contributed by atoms with Crippen LogP contribution in [-0.4, -0.2) is 36.7 Å². The van der Waals surface area contributed by atoms with Crippen LogP contribution in [0.15, 0.2) is 49.1 Å². The molecule has 0 radical (unpaired) electrons. The van der Waals surface area contributed by atoms with Gasteiger partial charge in [0, 0.05) is 61.6 Å². The molecule has 0 aliphatic carbocycles. The number of nitrogens with zero attached hydrogens (tertiary/aromatic N) is 5. The molecule has 0 unspecified atom stereocenters. The molecule has 4 heterocycles. The van der Waals surface area contributed by atoms with Crippen molar-refractivity contribution in [2.45, 2.75) is 33.0 Å². The number of carbonyl (C=O) groups is 1. The first-order valence-corrected chi connectivity index (χ1v) is 11.4. The van der Waals surface area contributed by atoms with Crippen LogP contribution in [0.1, 0.15) is 38.7 Å². The van der Waals surface area contributed by atoms with E-state index in [1.807, 2.05) is 30.5 Å². The Hall–Kier alpha value is -3.95. The van der Waals surface area contributed by atoms with Gasteiger partial charge in [0.1, 0.15) is 11.6 Å². The van der Waals surface area contributed by atoms with Crippen molar-refractivity contribution in [2.24, 2.45) is 13.0 Å². The van der Waals surface area contributed by atoms with Crippen LogP contribution in [-0.2, 0) is 26.2 Å². The Kier molecular flexibility index (Phi) is 5.89. The van der Waals surface area contributed by atoms with E-state index >= 15 is 0 Å². The van der Waals surface area contributed by atoms with Gasteiger partial charge in [-0.3, -0.25) is 14.5 Å². The van der Waals surface area contributed by atoms with E-state index in [1.54, 1.807) is 30.7 Å². The van der Waals surface area contributed by atoms with Gasteiger partial charge in [0.15, 0.2) is 11.5 Å². The number of benzene rings is 1. The molecule has 36 heavy (non-hydrogen) atoms. The number of pyridine rings is 1. The molecule has 0 amide bonds. The normalized spacial score (nSPS) is 15.6. The Morgan fingerprint density at radius 1 is 1.08 bits per heavy atom. The molecule has 0 N–H and O–H groups in total. The third kappa shape index (κ3) is 4.50. The van der Waals surface area contributed by atoms with E-state index in [-0.39, 0.29) is 34.8 Å². The molecule has 1 aromatic carbocycles. The number of fused-ring (bicyclic) bond motifs is 1. The number of ether oxygens (including phenoxy) is 1. The smallest absolute Gasteiger partial charge is 0.435 e. The van der Waals surface area contributed by atoms with E-state index in [2.05, 4.69) is 15.1 Å². The number of carbonyl (C=O) groups excluding carboxylic acids is 1. The van der Waals surface area contributed by atoms with Crippen LogP contribution in [0.5, 0.6) is 5.75 Å². The highest BCUT2D eigenvalue weighted by atomic mass is 19.4. The number of rotatable bonds is 5. The molecule has 0 saturated carbocycles. The van der Waals surface area contributed by atoms with Crippen molar-refractivity contribution < 1.29 is 22.7 Å². The summed E-state index contributed by atoms with van der Waals surface area (Å²) in [6, 6.07) is 7.14. The van der Waals surface area contributed by atoms with Gasteiger partial charge in [0.25, 0.3) is 0 Å². The number of hydrogen-bond acceptors (Lipinski definition) is 5. The zero-order valence-corrected chi connectivity index (χ0v) is 20.0. The third-order valence-electron chi connectivity index (χ3n) is 6.31. The lowest BCUT2D eigenvalue weighted by Gasteiger charge is -2.27. The predicted molar refractivity (Wildman–Crippen MR) is 126 cm³/mol. The van der Waals surface area contributed by atoms with Gasteiger partial charge in [0.2, 0.25) is 0 Å². The minimum Gasteiger partial charge on any atom is -0.491 e. The second-order valence-corrected chi connectivity index (χ2v) is 9.09. The molecule has 0 fully saturated rings. The number of aromatic nitrogens is 5. The Labute approximate surface area is 205 Å². The van der Waals surface area contributed by atoms with Crippen LogP contribution in [0.2, 0.25) is 0 Å². The Morgan fingerprint density at radius 2 is 1.86 bits per heavy atom. The molecule has 1 atom stereocenters. The molecule has 0 bridgehead atoms. The average Bonchev–Trinajstić information content (AvgIpc) is 3.41. The second-order valence-electron chi connectivity index (χ2n) is 9.09. The van der Waals surface area contributed by atoms with Crippen molar-refractivity contribution >= 4 is 5.78 Å². The number of ketones is 1. The van der Waals surface area contributed by atoms with Gasteiger partial charge >= 0.3 is 6.18 Å². The standard InChI is InChI=1S/C26H24F3N5O2/c1-15-4-5-31-19(8-15)11-18-14-36-24-20(22-13-33(3)32-25(22)26(27,28)29)9-17(10-21(24)23(18)35)12-34-7-6-30-16(34)2/h4-10,13,18H,11-12,14H2,1-3H3/t18-/m1/s1. The minimum absolute atomic E-state index is 0.0516. The van der Waals surface area contributed by atoms with Crippen molar-refractivity contribution in [3.8, 4) is 16.9 Å². The molecular weight excluding hydrogens is 471 g/mol.